The minimum absolute atomic E-state index is 0.00936. The normalized spacial score (nSPS) is 15.3. The maximum Gasteiger partial charge on any atom is 0.343 e. The first-order chi connectivity index (χ1) is 54.0. The lowest BCUT2D eigenvalue weighted by atomic mass is 9.76. The van der Waals surface area contributed by atoms with Crippen molar-refractivity contribution < 1.29 is 80.9 Å². The van der Waals surface area contributed by atoms with E-state index in [1.165, 1.54) is 54.8 Å². The number of benzene rings is 10. The number of nitrogens with one attached hydrogen (secondary N) is 4. The Morgan fingerprint density at radius 3 is 1.26 bits per heavy atom. The Balaban J connectivity index is 0.00000156. The molecule has 13 rings (SSSR count). The van der Waals surface area contributed by atoms with Crippen LogP contribution in [0.1, 0.15) is 111 Å². The van der Waals surface area contributed by atoms with Gasteiger partial charge in [-0.25, -0.2) is 38.9 Å². The van der Waals surface area contributed by atoms with Crippen LogP contribution in [0.2, 0.25) is 0 Å². The van der Waals surface area contributed by atoms with Crippen molar-refractivity contribution in [2.75, 3.05) is 31.6 Å². The third-order valence-corrected chi connectivity index (χ3v) is 19.3. The van der Waals surface area contributed by atoms with Gasteiger partial charge in [0.05, 0.1) is 72.0 Å². The van der Waals surface area contributed by atoms with Gasteiger partial charge >= 0.3 is 29.8 Å². The molecule has 562 valence electrons. The van der Waals surface area contributed by atoms with E-state index in [0.717, 1.165) is 6.33 Å². The zero-order valence-corrected chi connectivity index (χ0v) is 61.4. The van der Waals surface area contributed by atoms with Crippen molar-refractivity contribution >= 4 is 66.4 Å². The van der Waals surface area contributed by atoms with Crippen LogP contribution in [0, 0.1) is 0 Å². The van der Waals surface area contributed by atoms with Crippen molar-refractivity contribution in [1.82, 2.24) is 29.9 Å². The number of amides is 2. The predicted molar refractivity (Wildman–Crippen MR) is 410 cm³/mol. The highest BCUT2D eigenvalue weighted by Gasteiger charge is 2.52. The van der Waals surface area contributed by atoms with Crippen LogP contribution in [0.5, 0.6) is 17.2 Å². The zero-order valence-electron chi connectivity index (χ0n) is 60.5. The monoisotopic (exact) mass is 1510 g/mol. The molecule has 6 atom stereocenters. The molecule has 10 aromatic carbocycles. The Morgan fingerprint density at radius 1 is 0.486 bits per heavy atom. The van der Waals surface area contributed by atoms with E-state index in [1.807, 2.05) is 0 Å². The maximum absolute atomic E-state index is 15.6. The molecule has 24 nitrogen and oxygen atoms in total. The largest absolute Gasteiger partial charge is 0.762 e. The molecular formula is C86H77N8O16P. The van der Waals surface area contributed by atoms with E-state index in [2.05, 4.69) is 51.4 Å². The third kappa shape index (κ3) is 19.5. The van der Waals surface area contributed by atoms with E-state index < -0.39 is 92.1 Å². The number of ether oxygens (including phenoxy) is 6. The average molecular weight is 1510 g/mol. The van der Waals surface area contributed by atoms with Gasteiger partial charge in [0.25, 0.3) is 5.91 Å². The van der Waals surface area contributed by atoms with Gasteiger partial charge in [-0.15, -0.1) is 0 Å². The van der Waals surface area contributed by atoms with E-state index in [9.17, 15) is 38.2 Å². The second-order valence-corrected chi connectivity index (χ2v) is 26.9. The molecule has 0 radical (unpaired) electrons. The van der Waals surface area contributed by atoms with Gasteiger partial charge in [0.2, 0.25) is 13.7 Å². The first-order valence-corrected chi connectivity index (χ1v) is 37.3. The highest BCUT2D eigenvalue weighted by molar-refractivity contribution is 7.49. The van der Waals surface area contributed by atoms with E-state index >= 15 is 4.79 Å². The lowest BCUT2D eigenvalue weighted by Gasteiger charge is -2.40. The zero-order chi connectivity index (χ0) is 77.7. The maximum atomic E-state index is 15.6. The molecule has 0 spiro atoms. The number of quaternary nitrogens is 1. The van der Waals surface area contributed by atoms with Gasteiger partial charge in [0.15, 0.2) is 35.4 Å². The summed E-state index contributed by atoms with van der Waals surface area (Å²) in [6, 6.07) is 75.4. The number of rotatable bonds is 28. The first kappa shape index (κ1) is 77.7. The second-order valence-electron chi connectivity index (χ2n) is 25.5. The summed E-state index contributed by atoms with van der Waals surface area (Å²) < 4.78 is 58.6. The molecule has 0 saturated carbocycles. The molecule has 4 N–H and O–H groups in total. The fraction of sp³-hybridized carbons (Fsp3) is 0.163. The SMILES string of the molecule is CC[NH+](CC)CC.O=C(Nc1ncnc2c1ncn2[C@@H]1O[C@H](COP(=O)([O-])NC(=O)C(Cc2ccccc2)NC(c2ccc(OC(=O)c3ccccc3)cc2)(c2ccc(OC(=O)c3ccccc3)cc2)c2ccc(OC(=O)c3ccccc3)cc2)[C@@H](OC(=O)c2ccccc2)[C@H]1OC(=O)c1ccccc1)c1ccccc1. The molecule has 25 heteroatoms. The third-order valence-electron chi connectivity index (χ3n) is 18.4. The highest BCUT2D eigenvalue weighted by atomic mass is 31.2. The Kier molecular flexibility index (Phi) is 25.7. The van der Waals surface area contributed by atoms with Gasteiger partial charge in [-0.3, -0.25) is 29.1 Å². The van der Waals surface area contributed by atoms with Crippen LogP contribution in [0.25, 0.3) is 11.2 Å². The summed E-state index contributed by atoms with van der Waals surface area (Å²) in [6.07, 6.45) is -4.27. The molecular weight excluding hydrogens is 1430 g/mol. The Morgan fingerprint density at radius 2 is 0.865 bits per heavy atom. The minimum Gasteiger partial charge on any atom is -0.762 e. The first-order valence-electron chi connectivity index (χ1n) is 35.8. The van der Waals surface area contributed by atoms with E-state index in [4.69, 9.17) is 32.9 Å². The van der Waals surface area contributed by atoms with Crippen LogP contribution in [0.3, 0.4) is 0 Å². The fourth-order valence-electron chi connectivity index (χ4n) is 12.5. The Bertz CT molecular complexity index is 4950. The summed E-state index contributed by atoms with van der Waals surface area (Å²) in [5, 5.41) is 8.46. The average Bonchev–Trinajstić information content (AvgIpc) is 1.74. The molecule has 0 aliphatic carbocycles. The van der Waals surface area contributed by atoms with Crippen molar-refractivity contribution in [2.24, 2.45) is 0 Å². The summed E-state index contributed by atoms with van der Waals surface area (Å²) in [6.45, 7) is 9.49. The summed E-state index contributed by atoms with van der Waals surface area (Å²) >= 11 is 0. The van der Waals surface area contributed by atoms with Crippen LogP contribution >= 0.6 is 7.75 Å². The summed E-state index contributed by atoms with van der Waals surface area (Å²) in [7, 11) is -5.70. The number of hydrogen-bond donors (Lipinski definition) is 4. The number of hydrogen-bond acceptors (Lipinski definition) is 20. The van der Waals surface area contributed by atoms with E-state index in [-0.39, 0.29) is 68.5 Å². The standard InChI is InChI=1S/C80H62N7O16P.C6H15N/c88-72(53-24-10-2-11-25-53)84-70-67-71(82-50-81-70)87(51-83-67)74-69(103-79(94)58-34-20-7-21-35-58)68(102-78(93)57-32-18-6-19-33-57)66(101-74)49-97-104(95,96)86-73(89)65(48-52-22-8-1-9-23-52)85-80(59-36-42-62(43-37-59)98-75(90)54-26-12-3-13-27-54,60-38-44-63(45-39-60)99-76(91)55-28-14-4-15-29-55)61-40-46-64(47-41-61)100-77(92)56-30-16-5-17-31-56;1-4-7(5-2)6-3/h1-47,50-51,65-66,68-69,74,85H,48-49H2,(H,81,82,84,88)(H2,86,89,95,96);4-6H2,1-3H3/t65?,66-,68-,69-,74-;/m1./s1. The van der Waals surface area contributed by atoms with Crippen molar-refractivity contribution in [1.29, 1.82) is 0 Å². The van der Waals surface area contributed by atoms with Gasteiger partial charge < -0.3 is 48.1 Å². The lowest BCUT2D eigenvalue weighted by Crippen LogP contribution is -3.11. The topological polar surface area (TPSA) is 308 Å². The molecule has 1 fully saturated rings. The molecule has 1 saturated heterocycles. The number of esters is 5. The molecule has 1 aliphatic heterocycles. The van der Waals surface area contributed by atoms with Gasteiger partial charge in [-0.1, -0.05) is 176 Å². The van der Waals surface area contributed by atoms with Crippen LogP contribution in [-0.4, -0.2) is 112 Å². The summed E-state index contributed by atoms with van der Waals surface area (Å²) in [5.74, 6) is -5.06. The molecule has 111 heavy (non-hydrogen) atoms. The van der Waals surface area contributed by atoms with Crippen LogP contribution in [-0.2, 0) is 40.1 Å². The van der Waals surface area contributed by atoms with Crippen molar-refractivity contribution in [3.8, 4) is 17.2 Å². The van der Waals surface area contributed by atoms with Crippen molar-refractivity contribution in [2.45, 2.75) is 63.3 Å². The Hall–Kier alpha value is -12.9. The molecule has 12 aromatic rings. The molecule has 0 bridgehead atoms. The smallest absolute Gasteiger partial charge is 0.343 e. The van der Waals surface area contributed by atoms with Gasteiger partial charge in [0, 0.05) is 5.56 Å². The van der Waals surface area contributed by atoms with Gasteiger partial charge in [-0.2, -0.15) is 0 Å². The van der Waals surface area contributed by atoms with Crippen molar-refractivity contribution in [3.63, 3.8) is 0 Å². The van der Waals surface area contributed by atoms with Crippen LogP contribution < -0.4 is 39.7 Å². The number of imidazole rings is 1. The molecule has 2 aromatic heterocycles. The number of carbonyl (C=O) groups excluding carboxylic acids is 7. The highest BCUT2D eigenvalue weighted by Crippen LogP contribution is 2.43. The lowest BCUT2D eigenvalue weighted by molar-refractivity contribution is -0.894. The molecule has 2 unspecified atom stereocenters. The molecule has 3 heterocycles. The second kappa shape index (κ2) is 36.8. The van der Waals surface area contributed by atoms with Crippen LogP contribution in [0.15, 0.2) is 298 Å². The van der Waals surface area contributed by atoms with Crippen molar-refractivity contribution in [3.05, 3.63) is 353 Å². The van der Waals surface area contributed by atoms with Crippen LogP contribution in [0.4, 0.5) is 5.82 Å². The number of carbonyl (C=O) groups is 7. The van der Waals surface area contributed by atoms with Gasteiger partial charge in [0.1, 0.15) is 29.7 Å². The predicted octanol–water partition coefficient (Wildman–Crippen LogP) is 11.8. The summed E-state index contributed by atoms with van der Waals surface area (Å²) in [5.41, 5.74) is 1.31. The molecule has 2 amide bonds. The van der Waals surface area contributed by atoms with E-state index in [0.29, 0.717) is 27.8 Å². The fourth-order valence-corrected chi connectivity index (χ4v) is 13.4. The number of fused-ring (bicyclic) bond motifs is 1. The molecule has 1 aliphatic rings. The van der Waals surface area contributed by atoms with E-state index in [1.54, 1.807) is 266 Å². The number of anilines is 1. The minimum atomic E-state index is -5.70. The number of aromatic nitrogens is 4. The Labute approximate surface area is 639 Å². The quantitative estimate of drug-likeness (QED) is 0.0153. The summed E-state index contributed by atoms with van der Waals surface area (Å²) in [4.78, 5) is 128. The number of nitrogens with zero attached hydrogens (tertiary/aromatic N) is 4. The van der Waals surface area contributed by atoms with Gasteiger partial charge in [-0.05, 0) is 159 Å².